The Balaban J connectivity index is 1.82. The van der Waals surface area contributed by atoms with Crippen molar-refractivity contribution in [2.24, 2.45) is 0 Å². The summed E-state index contributed by atoms with van der Waals surface area (Å²) < 4.78 is 11.0. The molecule has 0 unspecified atom stereocenters. The van der Waals surface area contributed by atoms with E-state index < -0.39 is 0 Å². The van der Waals surface area contributed by atoms with Crippen LogP contribution in [0.4, 0.5) is 5.69 Å². The fourth-order valence-corrected chi connectivity index (χ4v) is 2.36. The quantitative estimate of drug-likeness (QED) is 0.755. The number of amides is 1. The van der Waals surface area contributed by atoms with Gasteiger partial charge in [-0.2, -0.15) is 0 Å². The third-order valence-electron chi connectivity index (χ3n) is 3.44. The average molecular weight is 311 g/mol. The van der Waals surface area contributed by atoms with Crippen LogP contribution >= 0.6 is 0 Å². The summed E-state index contributed by atoms with van der Waals surface area (Å²) in [7, 11) is 0. The molecule has 0 fully saturated rings. The average Bonchev–Trinajstić information content (AvgIpc) is 3.00. The van der Waals surface area contributed by atoms with Gasteiger partial charge in [0.25, 0.3) is 5.91 Å². The molecule has 5 nitrogen and oxygen atoms in total. The van der Waals surface area contributed by atoms with Crippen molar-refractivity contribution >= 4 is 22.6 Å². The number of rotatable bonds is 5. The minimum atomic E-state index is -0.339. The molecule has 23 heavy (non-hydrogen) atoms. The molecule has 0 spiro atoms. The predicted octanol–water partition coefficient (Wildman–Crippen LogP) is 3.58. The van der Waals surface area contributed by atoms with Crippen molar-refractivity contribution in [2.45, 2.75) is 13.5 Å². The zero-order valence-corrected chi connectivity index (χ0v) is 12.7. The number of carbonyl (C=O) groups excluding carboxylic acids is 1. The number of aliphatic hydroxyl groups is 1. The van der Waals surface area contributed by atoms with E-state index in [1.54, 1.807) is 24.3 Å². The molecule has 118 valence electrons. The van der Waals surface area contributed by atoms with E-state index in [9.17, 15) is 9.90 Å². The largest absolute Gasteiger partial charge is 0.494 e. The summed E-state index contributed by atoms with van der Waals surface area (Å²) in [4.78, 5) is 12.3. The minimum Gasteiger partial charge on any atom is -0.494 e. The molecule has 1 heterocycles. The summed E-state index contributed by atoms with van der Waals surface area (Å²) in [6.45, 7) is 2.22. The molecule has 2 aromatic carbocycles. The lowest BCUT2D eigenvalue weighted by Crippen LogP contribution is -2.11. The van der Waals surface area contributed by atoms with Gasteiger partial charge in [0.1, 0.15) is 11.3 Å². The van der Waals surface area contributed by atoms with Gasteiger partial charge in [-0.05, 0) is 37.3 Å². The summed E-state index contributed by atoms with van der Waals surface area (Å²) in [5.74, 6) is 0.511. The van der Waals surface area contributed by atoms with Crippen LogP contribution in [0.15, 0.2) is 52.9 Å². The van der Waals surface area contributed by atoms with Crippen molar-refractivity contribution in [2.75, 3.05) is 11.9 Å². The molecule has 0 aliphatic rings. The number of hydrogen-bond donors (Lipinski definition) is 2. The first-order valence-electron chi connectivity index (χ1n) is 7.37. The first kappa shape index (κ1) is 15.1. The van der Waals surface area contributed by atoms with Gasteiger partial charge in [0.15, 0.2) is 5.76 Å². The van der Waals surface area contributed by atoms with E-state index in [4.69, 9.17) is 9.15 Å². The summed E-state index contributed by atoms with van der Waals surface area (Å²) >= 11 is 0. The summed E-state index contributed by atoms with van der Waals surface area (Å²) in [5.41, 5.74) is 1.86. The summed E-state index contributed by atoms with van der Waals surface area (Å²) in [6, 6.07) is 14.3. The molecule has 3 aromatic rings. The van der Waals surface area contributed by atoms with Gasteiger partial charge < -0.3 is 19.6 Å². The fourth-order valence-electron chi connectivity index (χ4n) is 2.36. The van der Waals surface area contributed by atoms with Gasteiger partial charge in [-0.25, -0.2) is 0 Å². The maximum absolute atomic E-state index is 12.3. The number of aliphatic hydroxyl groups excluding tert-OH is 1. The molecular weight excluding hydrogens is 294 g/mol. The normalized spacial score (nSPS) is 10.7. The van der Waals surface area contributed by atoms with Crippen LogP contribution in [-0.2, 0) is 6.61 Å². The Labute approximate surface area is 133 Å². The molecule has 0 saturated carbocycles. The maximum atomic E-state index is 12.3. The zero-order chi connectivity index (χ0) is 16.2. The number of fused-ring (bicyclic) bond motifs is 1. The van der Waals surface area contributed by atoms with Gasteiger partial charge >= 0.3 is 0 Å². The van der Waals surface area contributed by atoms with E-state index in [-0.39, 0.29) is 18.3 Å². The molecule has 2 N–H and O–H groups in total. The number of benzene rings is 2. The van der Waals surface area contributed by atoms with E-state index in [0.29, 0.717) is 29.2 Å². The standard InChI is InChI=1S/C18H17NO4/c1-2-22-15-8-7-14(9-13(15)11-20)19-18(21)17-10-12-5-3-4-6-16(12)23-17/h3-10,20H,2,11H2,1H3,(H,19,21). The van der Waals surface area contributed by atoms with E-state index in [1.165, 1.54) is 0 Å². The lowest BCUT2D eigenvalue weighted by molar-refractivity contribution is 0.0998. The molecule has 1 aromatic heterocycles. The van der Waals surface area contributed by atoms with Crippen molar-refractivity contribution < 1.29 is 19.1 Å². The number of nitrogens with one attached hydrogen (secondary N) is 1. The molecule has 0 bridgehead atoms. The van der Waals surface area contributed by atoms with Crippen LogP contribution in [-0.4, -0.2) is 17.6 Å². The second-order valence-electron chi connectivity index (χ2n) is 5.02. The highest BCUT2D eigenvalue weighted by Crippen LogP contribution is 2.24. The van der Waals surface area contributed by atoms with Crippen molar-refractivity contribution in [1.82, 2.24) is 0 Å². The van der Waals surface area contributed by atoms with Gasteiger partial charge in [-0.1, -0.05) is 18.2 Å². The third-order valence-corrected chi connectivity index (χ3v) is 3.44. The zero-order valence-electron chi connectivity index (χ0n) is 12.7. The first-order chi connectivity index (χ1) is 11.2. The Kier molecular flexibility index (Phi) is 4.30. The second-order valence-corrected chi connectivity index (χ2v) is 5.02. The molecule has 0 aliphatic heterocycles. The highest BCUT2D eigenvalue weighted by Gasteiger charge is 2.13. The molecule has 5 heteroatoms. The topological polar surface area (TPSA) is 71.7 Å². The Bertz CT molecular complexity index is 805. The Morgan fingerprint density at radius 2 is 2.04 bits per heavy atom. The lowest BCUT2D eigenvalue weighted by Gasteiger charge is -2.10. The monoisotopic (exact) mass is 311 g/mol. The Hall–Kier alpha value is -2.79. The number of hydrogen-bond acceptors (Lipinski definition) is 4. The molecule has 0 atom stereocenters. The molecule has 1 amide bonds. The van der Waals surface area contributed by atoms with Crippen LogP contribution < -0.4 is 10.1 Å². The summed E-state index contributed by atoms with van der Waals surface area (Å²) in [6.07, 6.45) is 0. The van der Waals surface area contributed by atoms with Gasteiger partial charge in [-0.3, -0.25) is 4.79 Å². The third kappa shape index (κ3) is 3.19. The number of ether oxygens (including phenoxy) is 1. The smallest absolute Gasteiger partial charge is 0.291 e. The van der Waals surface area contributed by atoms with E-state index in [2.05, 4.69) is 5.32 Å². The van der Waals surface area contributed by atoms with Crippen LogP contribution in [0.5, 0.6) is 5.75 Å². The SMILES string of the molecule is CCOc1ccc(NC(=O)c2cc3ccccc3o2)cc1CO. The van der Waals surface area contributed by atoms with Crippen LogP contribution in [0.3, 0.4) is 0 Å². The Morgan fingerprint density at radius 1 is 1.22 bits per heavy atom. The van der Waals surface area contributed by atoms with Gasteiger partial charge in [0.2, 0.25) is 0 Å². The lowest BCUT2D eigenvalue weighted by atomic mass is 10.2. The second kappa shape index (κ2) is 6.54. The predicted molar refractivity (Wildman–Crippen MR) is 87.7 cm³/mol. The molecule has 0 aliphatic carbocycles. The van der Waals surface area contributed by atoms with Gasteiger partial charge in [0, 0.05) is 16.6 Å². The molecule has 0 radical (unpaired) electrons. The van der Waals surface area contributed by atoms with Crippen molar-refractivity contribution in [1.29, 1.82) is 0 Å². The van der Waals surface area contributed by atoms with Crippen LogP contribution in [0, 0.1) is 0 Å². The molecule has 0 saturated heterocycles. The van der Waals surface area contributed by atoms with Gasteiger partial charge in [-0.15, -0.1) is 0 Å². The van der Waals surface area contributed by atoms with Crippen molar-refractivity contribution in [3.8, 4) is 5.75 Å². The number of anilines is 1. The molecular formula is C18H17NO4. The van der Waals surface area contributed by atoms with E-state index in [1.807, 2.05) is 31.2 Å². The number of para-hydroxylation sites is 1. The number of furan rings is 1. The van der Waals surface area contributed by atoms with Crippen molar-refractivity contribution in [3.05, 3.63) is 59.9 Å². The van der Waals surface area contributed by atoms with Crippen LogP contribution in [0.25, 0.3) is 11.0 Å². The highest BCUT2D eigenvalue weighted by molar-refractivity contribution is 6.04. The van der Waals surface area contributed by atoms with E-state index in [0.717, 1.165) is 5.39 Å². The minimum absolute atomic E-state index is 0.163. The summed E-state index contributed by atoms with van der Waals surface area (Å²) in [5, 5.41) is 13.0. The maximum Gasteiger partial charge on any atom is 0.291 e. The van der Waals surface area contributed by atoms with Crippen molar-refractivity contribution in [3.63, 3.8) is 0 Å². The Morgan fingerprint density at radius 3 is 2.78 bits per heavy atom. The van der Waals surface area contributed by atoms with Crippen LogP contribution in [0.1, 0.15) is 23.0 Å². The first-order valence-corrected chi connectivity index (χ1v) is 7.37. The fraction of sp³-hybridized carbons (Fsp3) is 0.167. The molecule has 3 rings (SSSR count). The van der Waals surface area contributed by atoms with E-state index >= 15 is 0 Å². The van der Waals surface area contributed by atoms with Gasteiger partial charge in [0.05, 0.1) is 13.2 Å². The highest BCUT2D eigenvalue weighted by atomic mass is 16.5. The number of carbonyl (C=O) groups is 1. The van der Waals surface area contributed by atoms with Crippen LogP contribution in [0.2, 0.25) is 0 Å².